The summed E-state index contributed by atoms with van der Waals surface area (Å²) in [6.45, 7) is 0.275. The van der Waals surface area contributed by atoms with E-state index in [1.807, 2.05) is 0 Å². The molecule has 3 aromatic rings. The van der Waals surface area contributed by atoms with Crippen molar-refractivity contribution in [2.24, 2.45) is 5.73 Å². The lowest BCUT2D eigenvalue weighted by Gasteiger charge is -2.02. The van der Waals surface area contributed by atoms with Crippen LogP contribution in [0, 0.1) is 5.82 Å². The van der Waals surface area contributed by atoms with Gasteiger partial charge in [-0.15, -0.1) is 4.57 Å². The molecule has 110 valence electrons. The Morgan fingerprint density at radius 3 is 2.76 bits per heavy atom. The molecule has 0 amide bonds. The lowest BCUT2D eigenvalue weighted by Crippen LogP contribution is -2.23. The third-order valence-corrected chi connectivity index (χ3v) is 3.18. The number of benzene rings is 1. The lowest BCUT2D eigenvalue weighted by molar-refractivity contribution is 0.286. The van der Waals surface area contributed by atoms with Crippen molar-refractivity contribution < 1.29 is 18.1 Å². The molecule has 0 atom stereocenters. The monoisotopic (exact) mass is 294 g/mol. The fraction of sp³-hybridized carbons (Fsp3) is 0.231. The lowest BCUT2D eigenvalue weighted by atomic mass is 10.1. The van der Waals surface area contributed by atoms with E-state index in [4.69, 9.17) is 19.4 Å². The minimum atomic E-state index is -1.17. The molecule has 8 heteroatoms. The van der Waals surface area contributed by atoms with Crippen LogP contribution >= 0.6 is 0 Å². The number of nitrogens with zero attached hydrogens (tertiary/aromatic N) is 1. The maximum absolute atomic E-state index is 13.8. The molecule has 0 aliphatic heterocycles. The van der Waals surface area contributed by atoms with Crippen LogP contribution in [-0.4, -0.2) is 18.2 Å². The molecule has 2 heterocycles. The van der Waals surface area contributed by atoms with E-state index in [2.05, 4.69) is 0 Å². The van der Waals surface area contributed by atoms with Gasteiger partial charge < -0.3 is 19.4 Å². The molecule has 0 radical (unpaired) electrons. The first-order valence-electron chi connectivity index (χ1n) is 6.12. The molecule has 2 N–H and O–H groups in total. The number of hydrogen-bond donors (Lipinski definition) is 1. The van der Waals surface area contributed by atoms with E-state index >= 15 is 0 Å². The molecule has 0 saturated heterocycles. The van der Waals surface area contributed by atoms with E-state index in [0.29, 0.717) is 17.4 Å². The quantitative estimate of drug-likeness (QED) is 0.712. The Balaban J connectivity index is 2.54. The highest BCUT2D eigenvalue weighted by Gasteiger charge is 2.19. The first kappa shape index (κ1) is 13.4. The van der Waals surface area contributed by atoms with Crippen LogP contribution in [0.4, 0.5) is 4.39 Å². The number of fused-ring (bicyclic) bond motifs is 3. The predicted molar refractivity (Wildman–Crippen MR) is 71.2 cm³/mol. The van der Waals surface area contributed by atoms with Crippen LogP contribution in [0.2, 0.25) is 0 Å². The normalized spacial score (nSPS) is 11.4. The van der Waals surface area contributed by atoms with Gasteiger partial charge in [0, 0.05) is 17.0 Å². The second-order valence-corrected chi connectivity index (χ2v) is 4.39. The first-order chi connectivity index (χ1) is 10.1. The summed E-state index contributed by atoms with van der Waals surface area (Å²) in [6, 6.07) is 2.59. The number of rotatable bonds is 3. The van der Waals surface area contributed by atoms with Gasteiger partial charge in [-0.25, -0.2) is 14.0 Å². The van der Waals surface area contributed by atoms with Gasteiger partial charge in [0.25, 0.3) is 0 Å². The summed E-state index contributed by atoms with van der Waals surface area (Å²) in [5.74, 6) is -0.598. The summed E-state index contributed by atoms with van der Waals surface area (Å²) in [5, 5.41) is 0.538. The van der Waals surface area contributed by atoms with Crippen molar-refractivity contribution >= 4 is 16.6 Å². The zero-order valence-electron chi connectivity index (χ0n) is 11.0. The number of aromatic nitrogens is 1. The molecule has 0 fully saturated rings. The molecular weight excluding hydrogens is 283 g/mol. The number of nitrogens with two attached hydrogens (primary N) is 1. The first-order valence-corrected chi connectivity index (χ1v) is 6.12. The Morgan fingerprint density at radius 1 is 1.33 bits per heavy atom. The third-order valence-electron chi connectivity index (χ3n) is 3.18. The minimum absolute atomic E-state index is 0.0290. The fourth-order valence-corrected chi connectivity index (χ4v) is 2.29. The van der Waals surface area contributed by atoms with E-state index in [1.165, 1.54) is 13.2 Å². The van der Waals surface area contributed by atoms with Crippen molar-refractivity contribution in [1.29, 1.82) is 0 Å². The molecular formula is C13H11FN2O5. The summed E-state index contributed by atoms with van der Waals surface area (Å²) in [6.07, 6.45) is 0.360. The molecule has 0 saturated carbocycles. The van der Waals surface area contributed by atoms with Crippen LogP contribution in [0.15, 0.2) is 30.7 Å². The second-order valence-electron chi connectivity index (χ2n) is 4.39. The van der Waals surface area contributed by atoms with E-state index < -0.39 is 17.1 Å². The van der Waals surface area contributed by atoms with Crippen LogP contribution in [0.3, 0.4) is 0 Å². The molecule has 0 aliphatic rings. The van der Waals surface area contributed by atoms with Crippen LogP contribution in [0.25, 0.3) is 16.6 Å². The van der Waals surface area contributed by atoms with Gasteiger partial charge in [-0.05, 0) is 19.0 Å². The minimum Gasteiger partial charge on any atom is -0.494 e. The molecule has 2 aromatic heterocycles. The summed E-state index contributed by atoms with van der Waals surface area (Å²) in [5.41, 5.74) is 4.08. The van der Waals surface area contributed by atoms with Gasteiger partial charge in [0.15, 0.2) is 11.6 Å². The zero-order valence-corrected chi connectivity index (χ0v) is 11.0. The number of methoxy groups -OCH3 is 1. The molecule has 7 nitrogen and oxygen atoms in total. The maximum Gasteiger partial charge on any atom is 0.442 e. The average molecular weight is 294 g/mol. The smallest absolute Gasteiger partial charge is 0.442 e. The van der Waals surface area contributed by atoms with Gasteiger partial charge in [0.2, 0.25) is 5.71 Å². The highest BCUT2D eigenvalue weighted by atomic mass is 19.1. The van der Waals surface area contributed by atoms with Gasteiger partial charge >= 0.3 is 11.3 Å². The van der Waals surface area contributed by atoms with Crippen LogP contribution in [0.1, 0.15) is 5.56 Å². The van der Waals surface area contributed by atoms with E-state index in [1.54, 1.807) is 0 Å². The molecule has 0 spiro atoms. The van der Waals surface area contributed by atoms with Gasteiger partial charge in [0.05, 0.1) is 12.6 Å². The Morgan fingerprint density at radius 2 is 2.10 bits per heavy atom. The van der Waals surface area contributed by atoms with Gasteiger partial charge in [0.1, 0.15) is 0 Å². The third kappa shape index (κ3) is 1.91. The van der Waals surface area contributed by atoms with Gasteiger partial charge in [-0.2, -0.15) is 0 Å². The van der Waals surface area contributed by atoms with E-state index in [9.17, 15) is 14.0 Å². The molecule has 21 heavy (non-hydrogen) atoms. The Labute approximate surface area is 116 Å². The molecule has 1 aromatic carbocycles. The number of halogens is 1. The largest absolute Gasteiger partial charge is 0.494 e. The summed E-state index contributed by atoms with van der Waals surface area (Å²) in [7, 11) is 1.34. The molecule has 3 rings (SSSR count). The van der Waals surface area contributed by atoms with Crippen molar-refractivity contribution in [3.8, 4) is 5.75 Å². The van der Waals surface area contributed by atoms with Crippen molar-refractivity contribution in [2.75, 3.05) is 13.7 Å². The van der Waals surface area contributed by atoms with Crippen molar-refractivity contribution in [1.82, 2.24) is 4.57 Å². The van der Waals surface area contributed by atoms with Crippen LogP contribution in [-0.2, 0) is 6.42 Å². The summed E-state index contributed by atoms with van der Waals surface area (Å²) < 4.78 is 29.6. The highest BCUT2D eigenvalue weighted by molar-refractivity contribution is 5.91. The van der Waals surface area contributed by atoms with Gasteiger partial charge in [-0.3, -0.25) is 0 Å². The van der Waals surface area contributed by atoms with Gasteiger partial charge in [-0.1, -0.05) is 0 Å². The second kappa shape index (κ2) is 4.74. The molecule has 0 bridgehead atoms. The SMILES string of the molecule is COc1cc2c(CCN)c3oc(=O)c(=O)on3c2cc1F. The van der Waals surface area contributed by atoms with E-state index in [0.717, 1.165) is 10.6 Å². The Hall–Kier alpha value is -2.61. The molecule has 0 aliphatic carbocycles. The Bertz CT molecular complexity index is 953. The van der Waals surface area contributed by atoms with Crippen molar-refractivity contribution in [3.05, 3.63) is 44.4 Å². The van der Waals surface area contributed by atoms with E-state index in [-0.39, 0.29) is 23.5 Å². The topological polar surface area (TPSA) is 100 Å². The number of hydrogen-bond acceptors (Lipinski definition) is 6. The van der Waals surface area contributed by atoms with Crippen molar-refractivity contribution in [2.45, 2.75) is 6.42 Å². The van der Waals surface area contributed by atoms with Crippen LogP contribution in [0.5, 0.6) is 5.75 Å². The average Bonchev–Trinajstić information content (AvgIpc) is 2.73. The zero-order chi connectivity index (χ0) is 15.1. The fourth-order valence-electron chi connectivity index (χ4n) is 2.29. The number of ether oxygens (including phenoxy) is 1. The maximum atomic E-state index is 13.8. The van der Waals surface area contributed by atoms with Crippen LogP contribution < -0.4 is 21.7 Å². The highest BCUT2D eigenvalue weighted by Crippen LogP contribution is 2.31. The Kier molecular flexibility index (Phi) is 3.02. The van der Waals surface area contributed by atoms with Crippen molar-refractivity contribution in [3.63, 3.8) is 0 Å². The summed E-state index contributed by atoms with van der Waals surface area (Å²) in [4.78, 5) is 22.7. The standard InChI is InChI=1S/C13H11FN2O5/c1-19-10-4-7-6(2-3-15)11-16(9(7)5-8(10)14)21-13(18)12(17)20-11/h4-5H,2-3,15H2,1H3. The summed E-state index contributed by atoms with van der Waals surface area (Å²) >= 11 is 0. The predicted octanol–water partition coefficient (Wildman–Crippen LogP) is 0.648. The molecule has 0 unspecified atom stereocenters.